The van der Waals surface area contributed by atoms with Crippen molar-refractivity contribution in [1.82, 2.24) is 4.90 Å². The van der Waals surface area contributed by atoms with Crippen LogP contribution in [0.3, 0.4) is 0 Å². The van der Waals surface area contributed by atoms with Gasteiger partial charge in [-0.15, -0.1) is 0 Å². The highest BCUT2D eigenvalue weighted by Gasteiger charge is 2.31. The minimum Gasteiger partial charge on any atom is -0.478 e. The van der Waals surface area contributed by atoms with E-state index in [4.69, 9.17) is 4.74 Å². The topological polar surface area (TPSA) is 70.1 Å². The van der Waals surface area contributed by atoms with Gasteiger partial charge in [0.25, 0.3) is 0 Å². The van der Waals surface area contributed by atoms with Crippen molar-refractivity contribution < 1.29 is 19.4 Å². The second-order valence-electron chi connectivity index (χ2n) is 7.42. The van der Waals surface area contributed by atoms with E-state index in [2.05, 4.69) is 11.8 Å². The van der Waals surface area contributed by atoms with Gasteiger partial charge in [-0.05, 0) is 45.4 Å². The van der Waals surface area contributed by atoms with Crippen LogP contribution >= 0.6 is 0 Å². The lowest BCUT2D eigenvalue weighted by Crippen LogP contribution is -2.55. The zero-order valence-electron chi connectivity index (χ0n) is 15.5. The molecule has 0 spiro atoms. The van der Waals surface area contributed by atoms with Crippen LogP contribution in [0.2, 0.25) is 0 Å². The Morgan fingerprint density at radius 2 is 2.00 bits per heavy atom. The number of aromatic carboxylic acids is 1. The van der Waals surface area contributed by atoms with Gasteiger partial charge in [0.2, 0.25) is 0 Å². The van der Waals surface area contributed by atoms with E-state index in [9.17, 15) is 14.7 Å². The molecule has 1 amide bonds. The summed E-state index contributed by atoms with van der Waals surface area (Å²) in [5, 5.41) is 9.21. The summed E-state index contributed by atoms with van der Waals surface area (Å²) < 4.78 is 5.49. The third-order valence-corrected chi connectivity index (χ3v) is 4.18. The molecule has 1 atom stereocenters. The number of rotatable bonds is 4. The smallest absolute Gasteiger partial charge is 0.410 e. The zero-order valence-corrected chi connectivity index (χ0v) is 15.5. The summed E-state index contributed by atoms with van der Waals surface area (Å²) in [6.07, 6.45) is 1.63. The molecule has 0 aliphatic carbocycles. The number of carbonyl (C=O) groups is 2. The number of benzene rings is 1. The van der Waals surface area contributed by atoms with Crippen LogP contribution in [0.25, 0.3) is 0 Å². The van der Waals surface area contributed by atoms with E-state index in [-0.39, 0.29) is 17.7 Å². The molecule has 1 saturated heterocycles. The fraction of sp³-hybridized carbons (Fsp3) is 0.579. The van der Waals surface area contributed by atoms with E-state index >= 15 is 0 Å². The van der Waals surface area contributed by atoms with Gasteiger partial charge in [-0.1, -0.05) is 19.4 Å². The van der Waals surface area contributed by atoms with Crippen LogP contribution in [0.1, 0.15) is 50.9 Å². The molecule has 0 saturated carbocycles. The van der Waals surface area contributed by atoms with Crippen LogP contribution < -0.4 is 4.90 Å². The Bertz CT molecular complexity index is 624. The zero-order chi connectivity index (χ0) is 18.6. The molecule has 6 nitrogen and oxygen atoms in total. The molecule has 1 aliphatic heterocycles. The van der Waals surface area contributed by atoms with Crippen molar-refractivity contribution in [3.8, 4) is 0 Å². The molecule has 1 N–H and O–H groups in total. The molecule has 1 aliphatic rings. The summed E-state index contributed by atoms with van der Waals surface area (Å²) in [5.41, 5.74) is 0.661. The van der Waals surface area contributed by atoms with Crippen LogP contribution in [-0.4, -0.2) is 53.3 Å². The Balaban J connectivity index is 2.15. The molecule has 1 aromatic carbocycles. The highest BCUT2D eigenvalue weighted by atomic mass is 16.6. The average Bonchev–Trinajstić information content (AvgIpc) is 2.53. The largest absolute Gasteiger partial charge is 0.478 e. The molecular formula is C19H28N2O4. The van der Waals surface area contributed by atoms with E-state index in [1.54, 1.807) is 23.1 Å². The van der Waals surface area contributed by atoms with E-state index in [1.165, 1.54) is 0 Å². The molecule has 25 heavy (non-hydrogen) atoms. The lowest BCUT2D eigenvalue weighted by atomic mass is 10.0. The summed E-state index contributed by atoms with van der Waals surface area (Å²) >= 11 is 0. The Labute approximate surface area is 149 Å². The Morgan fingerprint density at radius 3 is 2.60 bits per heavy atom. The summed E-state index contributed by atoms with van der Waals surface area (Å²) in [7, 11) is 0. The highest BCUT2D eigenvalue weighted by Crippen LogP contribution is 2.25. The van der Waals surface area contributed by atoms with E-state index in [0.29, 0.717) is 19.6 Å². The van der Waals surface area contributed by atoms with Crippen molar-refractivity contribution >= 4 is 17.7 Å². The maximum atomic E-state index is 12.4. The number of anilines is 1. The third-order valence-electron chi connectivity index (χ3n) is 4.18. The first-order valence-electron chi connectivity index (χ1n) is 8.79. The van der Waals surface area contributed by atoms with Gasteiger partial charge in [0.15, 0.2) is 0 Å². The van der Waals surface area contributed by atoms with Gasteiger partial charge in [0.05, 0.1) is 5.56 Å². The predicted octanol–water partition coefficient (Wildman–Crippen LogP) is 3.61. The Kier molecular flexibility index (Phi) is 5.93. The second kappa shape index (κ2) is 7.76. The average molecular weight is 348 g/mol. The Hall–Kier alpha value is -2.24. The third kappa shape index (κ3) is 5.11. The van der Waals surface area contributed by atoms with Gasteiger partial charge in [-0.2, -0.15) is 0 Å². The first kappa shape index (κ1) is 19.1. The van der Waals surface area contributed by atoms with Gasteiger partial charge in [0.1, 0.15) is 5.60 Å². The maximum Gasteiger partial charge on any atom is 0.410 e. The fourth-order valence-corrected chi connectivity index (χ4v) is 3.09. The van der Waals surface area contributed by atoms with E-state index in [0.717, 1.165) is 18.5 Å². The first-order chi connectivity index (χ1) is 11.7. The molecule has 1 fully saturated rings. The van der Waals surface area contributed by atoms with Crippen LogP contribution in [0.5, 0.6) is 0 Å². The molecule has 1 heterocycles. The lowest BCUT2D eigenvalue weighted by Gasteiger charge is -2.43. The van der Waals surface area contributed by atoms with Gasteiger partial charge >= 0.3 is 12.1 Å². The normalized spacial score (nSPS) is 18.2. The summed E-state index contributed by atoms with van der Waals surface area (Å²) in [6.45, 7) is 9.50. The van der Waals surface area contributed by atoms with Crippen molar-refractivity contribution in [2.75, 3.05) is 24.5 Å². The number of nitrogens with zero attached hydrogens (tertiary/aromatic N) is 2. The summed E-state index contributed by atoms with van der Waals surface area (Å²) in [6, 6.07) is 7.14. The van der Waals surface area contributed by atoms with Crippen LogP contribution in [0, 0.1) is 0 Å². The predicted molar refractivity (Wildman–Crippen MR) is 97.3 cm³/mol. The first-order valence-corrected chi connectivity index (χ1v) is 8.79. The number of piperazine rings is 1. The van der Waals surface area contributed by atoms with Gasteiger partial charge in [-0.3, -0.25) is 0 Å². The van der Waals surface area contributed by atoms with Crippen molar-refractivity contribution in [1.29, 1.82) is 0 Å². The summed E-state index contributed by atoms with van der Waals surface area (Å²) in [4.78, 5) is 27.5. The molecule has 1 aromatic rings. The standard InChI is InChI=1S/C19H28N2O4/c1-5-7-16-13-20(18(24)25-19(2,3)4)10-11-21(16)15-9-6-8-14(12-15)17(22)23/h6,8-9,12,16H,5,7,10-11,13H2,1-4H3,(H,22,23)/t16-/m0/s1. The monoisotopic (exact) mass is 348 g/mol. The SMILES string of the molecule is CCC[C@H]1CN(C(=O)OC(C)(C)C)CCN1c1cccc(C(=O)O)c1. The highest BCUT2D eigenvalue weighted by molar-refractivity contribution is 5.88. The van der Waals surface area contributed by atoms with Crippen LogP contribution in [-0.2, 0) is 4.74 Å². The van der Waals surface area contributed by atoms with E-state index in [1.807, 2.05) is 26.8 Å². The minimum atomic E-state index is -0.929. The molecule has 2 rings (SSSR count). The number of hydrogen-bond donors (Lipinski definition) is 1. The maximum absolute atomic E-state index is 12.4. The number of carboxylic acid groups (broad SMARTS) is 1. The fourth-order valence-electron chi connectivity index (χ4n) is 3.09. The number of amides is 1. The van der Waals surface area contributed by atoms with Crippen molar-refractivity contribution in [3.63, 3.8) is 0 Å². The van der Waals surface area contributed by atoms with Crippen molar-refractivity contribution in [3.05, 3.63) is 29.8 Å². The van der Waals surface area contributed by atoms with Crippen molar-refractivity contribution in [2.45, 2.75) is 52.2 Å². The van der Waals surface area contributed by atoms with Crippen molar-refractivity contribution in [2.24, 2.45) is 0 Å². The van der Waals surface area contributed by atoms with Gasteiger partial charge in [-0.25, -0.2) is 9.59 Å². The number of carbonyl (C=O) groups excluding carboxylic acids is 1. The second-order valence-corrected chi connectivity index (χ2v) is 7.42. The molecule has 0 radical (unpaired) electrons. The molecule has 0 bridgehead atoms. The molecule has 6 heteroatoms. The molecule has 138 valence electrons. The number of hydrogen-bond acceptors (Lipinski definition) is 4. The van der Waals surface area contributed by atoms with Crippen LogP contribution in [0.15, 0.2) is 24.3 Å². The van der Waals surface area contributed by atoms with Gasteiger partial charge in [0, 0.05) is 31.4 Å². The molecule has 0 unspecified atom stereocenters. The van der Waals surface area contributed by atoms with E-state index < -0.39 is 11.6 Å². The lowest BCUT2D eigenvalue weighted by molar-refractivity contribution is 0.0212. The van der Waals surface area contributed by atoms with Gasteiger partial charge < -0.3 is 19.6 Å². The molecule has 0 aromatic heterocycles. The number of ether oxygens (including phenoxy) is 1. The quantitative estimate of drug-likeness (QED) is 0.900. The summed E-state index contributed by atoms with van der Waals surface area (Å²) in [5.74, 6) is -0.929. The minimum absolute atomic E-state index is 0.148. The van der Waals surface area contributed by atoms with Crippen LogP contribution in [0.4, 0.5) is 10.5 Å². The molecular weight excluding hydrogens is 320 g/mol. The Morgan fingerprint density at radius 1 is 1.28 bits per heavy atom. The number of carboxylic acids is 1.